The van der Waals surface area contributed by atoms with E-state index in [0.29, 0.717) is 18.5 Å². The van der Waals surface area contributed by atoms with E-state index in [4.69, 9.17) is 0 Å². The van der Waals surface area contributed by atoms with E-state index in [0.717, 1.165) is 16.6 Å². The highest BCUT2D eigenvalue weighted by Crippen LogP contribution is 2.22. The highest BCUT2D eigenvalue weighted by atomic mass is 79.9. The van der Waals surface area contributed by atoms with Gasteiger partial charge in [-0.05, 0) is 31.4 Å². The molecule has 2 rings (SSSR count). The Morgan fingerprint density at radius 3 is 2.82 bits per heavy atom. The van der Waals surface area contributed by atoms with Crippen molar-refractivity contribution in [1.82, 2.24) is 4.90 Å². The molecule has 1 saturated heterocycles. The zero-order chi connectivity index (χ0) is 12.4. The topological polar surface area (TPSA) is 20.3 Å². The van der Waals surface area contributed by atoms with Crippen molar-refractivity contribution in [3.8, 4) is 0 Å². The monoisotopic (exact) mass is 295 g/mol. The van der Waals surface area contributed by atoms with Crippen molar-refractivity contribution in [3.05, 3.63) is 34.3 Å². The quantitative estimate of drug-likeness (QED) is 0.797. The van der Waals surface area contributed by atoms with E-state index >= 15 is 0 Å². The van der Waals surface area contributed by atoms with Crippen molar-refractivity contribution in [1.29, 1.82) is 0 Å². The molecule has 0 saturated carbocycles. The molecule has 17 heavy (non-hydrogen) atoms. The Kier molecular flexibility index (Phi) is 4.00. The molecular weight excluding hydrogens is 278 g/mol. The summed E-state index contributed by atoms with van der Waals surface area (Å²) in [6.07, 6.45) is 1.20. The normalized spacial score (nSPS) is 25.1. The van der Waals surface area contributed by atoms with Crippen LogP contribution in [0.25, 0.3) is 0 Å². The first-order valence-electron chi connectivity index (χ1n) is 6.09. The molecule has 0 aromatic heterocycles. The number of likely N-dealkylation sites (tertiary alicyclic amines) is 1. The maximum absolute atomic E-state index is 12.1. The number of hydrogen-bond acceptors (Lipinski definition) is 2. The SMILES string of the molecule is CC1CC(C)N(CC(=O)c2cccc(Br)c2)C1. The number of carbonyl (C=O) groups excluding carboxylic acids is 1. The van der Waals surface area contributed by atoms with Crippen molar-refractivity contribution >= 4 is 21.7 Å². The number of halogens is 1. The van der Waals surface area contributed by atoms with Crippen LogP contribution < -0.4 is 0 Å². The summed E-state index contributed by atoms with van der Waals surface area (Å²) in [5.74, 6) is 0.924. The molecule has 0 spiro atoms. The molecule has 0 bridgehead atoms. The van der Waals surface area contributed by atoms with Crippen LogP contribution in [0.5, 0.6) is 0 Å². The Bertz CT molecular complexity index is 418. The Hall–Kier alpha value is -0.670. The summed E-state index contributed by atoms with van der Waals surface area (Å²) in [5.41, 5.74) is 0.797. The van der Waals surface area contributed by atoms with Gasteiger partial charge in [-0.25, -0.2) is 0 Å². The number of nitrogens with zero attached hydrogens (tertiary/aromatic N) is 1. The third kappa shape index (κ3) is 3.17. The van der Waals surface area contributed by atoms with Gasteiger partial charge >= 0.3 is 0 Å². The van der Waals surface area contributed by atoms with E-state index in [2.05, 4.69) is 34.7 Å². The fourth-order valence-electron chi connectivity index (χ4n) is 2.54. The molecule has 0 radical (unpaired) electrons. The zero-order valence-corrected chi connectivity index (χ0v) is 11.9. The third-order valence-corrected chi connectivity index (χ3v) is 3.90. The molecule has 0 aliphatic carbocycles. The molecule has 1 aromatic carbocycles. The summed E-state index contributed by atoms with van der Waals surface area (Å²) in [4.78, 5) is 14.4. The number of Topliss-reactive ketones (excluding diaryl/α,β-unsaturated/α-hetero) is 1. The molecule has 1 aliphatic rings. The number of benzene rings is 1. The van der Waals surface area contributed by atoms with Crippen LogP contribution in [0.15, 0.2) is 28.7 Å². The van der Waals surface area contributed by atoms with Crippen LogP contribution >= 0.6 is 15.9 Å². The predicted octanol–water partition coefficient (Wildman–Crippen LogP) is 3.36. The summed E-state index contributed by atoms with van der Waals surface area (Å²) < 4.78 is 0.964. The fourth-order valence-corrected chi connectivity index (χ4v) is 2.94. The van der Waals surface area contributed by atoms with Gasteiger partial charge in [-0.1, -0.05) is 35.0 Å². The van der Waals surface area contributed by atoms with E-state index < -0.39 is 0 Å². The van der Waals surface area contributed by atoms with E-state index in [1.165, 1.54) is 6.42 Å². The fraction of sp³-hybridized carbons (Fsp3) is 0.500. The summed E-state index contributed by atoms with van der Waals surface area (Å²) in [6.45, 7) is 6.04. The molecule has 3 heteroatoms. The lowest BCUT2D eigenvalue weighted by molar-refractivity contribution is 0.0925. The molecule has 0 N–H and O–H groups in total. The van der Waals surface area contributed by atoms with Crippen LogP contribution in [0.3, 0.4) is 0 Å². The van der Waals surface area contributed by atoms with Crippen molar-refractivity contribution < 1.29 is 4.79 Å². The molecule has 1 aromatic rings. The van der Waals surface area contributed by atoms with Gasteiger partial charge in [0.05, 0.1) is 6.54 Å². The Labute approximate surface area is 111 Å². The maximum atomic E-state index is 12.1. The maximum Gasteiger partial charge on any atom is 0.176 e. The second kappa shape index (κ2) is 5.32. The van der Waals surface area contributed by atoms with Gasteiger partial charge in [-0.3, -0.25) is 9.69 Å². The van der Waals surface area contributed by atoms with Crippen molar-refractivity contribution in [3.63, 3.8) is 0 Å². The van der Waals surface area contributed by atoms with Crippen LogP contribution in [-0.2, 0) is 0 Å². The first-order chi connectivity index (χ1) is 8.06. The first kappa shape index (κ1) is 12.8. The van der Waals surface area contributed by atoms with E-state index in [1.54, 1.807) is 0 Å². The van der Waals surface area contributed by atoms with Crippen molar-refractivity contribution in [2.45, 2.75) is 26.3 Å². The van der Waals surface area contributed by atoms with Crippen LogP contribution in [0.2, 0.25) is 0 Å². The minimum Gasteiger partial charge on any atom is -0.293 e. The molecule has 1 aliphatic heterocycles. The van der Waals surface area contributed by atoms with E-state index in [-0.39, 0.29) is 5.78 Å². The van der Waals surface area contributed by atoms with Crippen molar-refractivity contribution in [2.24, 2.45) is 5.92 Å². The molecule has 2 atom stereocenters. The average molecular weight is 296 g/mol. The van der Waals surface area contributed by atoms with Crippen LogP contribution in [0.1, 0.15) is 30.6 Å². The van der Waals surface area contributed by atoms with Gasteiger partial charge < -0.3 is 0 Å². The molecular formula is C14H18BrNO. The Balaban J connectivity index is 2.02. The summed E-state index contributed by atoms with van der Waals surface area (Å²) in [6, 6.07) is 8.16. The van der Waals surface area contributed by atoms with Gasteiger partial charge in [0.15, 0.2) is 5.78 Å². The summed E-state index contributed by atoms with van der Waals surface area (Å²) in [5, 5.41) is 0. The number of carbonyl (C=O) groups is 1. The zero-order valence-electron chi connectivity index (χ0n) is 10.3. The molecule has 1 fully saturated rings. The average Bonchev–Trinajstić information content (AvgIpc) is 2.57. The van der Waals surface area contributed by atoms with Crippen LogP contribution in [-0.4, -0.2) is 29.8 Å². The van der Waals surface area contributed by atoms with Gasteiger partial charge in [-0.2, -0.15) is 0 Å². The number of ketones is 1. The number of rotatable bonds is 3. The lowest BCUT2D eigenvalue weighted by atomic mass is 10.1. The highest BCUT2D eigenvalue weighted by molar-refractivity contribution is 9.10. The summed E-state index contributed by atoms with van der Waals surface area (Å²) >= 11 is 3.40. The first-order valence-corrected chi connectivity index (χ1v) is 6.88. The van der Waals surface area contributed by atoms with Crippen LogP contribution in [0.4, 0.5) is 0 Å². The molecule has 1 heterocycles. The largest absolute Gasteiger partial charge is 0.293 e. The van der Waals surface area contributed by atoms with Gasteiger partial charge in [0, 0.05) is 22.6 Å². The van der Waals surface area contributed by atoms with Crippen molar-refractivity contribution in [2.75, 3.05) is 13.1 Å². The summed E-state index contributed by atoms with van der Waals surface area (Å²) in [7, 11) is 0. The van der Waals surface area contributed by atoms with Gasteiger partial charge in [0.2, 0.25) is 0 Å². The van der Waals surface area contributed by atoms with Gasteiger partial charge in [0.25, 0.3) is 0 Å². The second-order valence-corrected chi connectivity index (χ2v) is 5.97. The molecule has 92 valence electrons. The smallest absolute Gasteiger partial charge is 0.176 e. The number of hydrogen-bond donors (Lipinski definition) is 0. The minimum absolute atomic E-state index is 0.215. The minimum atomic E-state index is 0.215. The van der Waals surface area contributed by atoms with E-state index in [1.807, 2.05) is 24.3 Å². The Morgan fingerprint density at radius 2 is 2.24 bits per heavy atom. The van der Waals surface area contributed by atoms with Crippen LogP contribution in [0, 0.1) is 5.92 Å². The lowest BCUT2D eigenvalue weighted by Crippen LogP contribution is -2.32. The Morgan fingerprint density at radius 1 is 1.47 bits per heavy atom. The molecule has 2 nitrogen and oxygen atoms in total. The molecule has 0 amide bonds. The van der Waals surface area contributed by atoms with Gasteiger partial charge in [0.1, 0.15) is 0 Å². The third-order valence-electron chi connectivity index (χ3n) is 3.41. The predicted molar refractivity (Wildman–Crippen MR) is 73.3 cm³/mol. The lowest BCUT2D eigenvalue weighted by Gasteiger charge is -2.19. The second-order valence-electron chi connectivity index (χ2n) is 5.05. The standard InChI is InChI=1S/C14H18BrNO/c1-10-6-11(2)16(8-10)9-14(17)12-4-3-5-13(15)7-12/h3-5,7,10-11H,6,8-9H2,1-2H3. The molecule has 2 unspecified atom stereocenters. The highest BCUT2D eigenvalue weighted by Gasteiger charge is 2.27. The van der Waals surface area contributed by atoms with E-state index in [9.17, 15) is 4.79 Å². The van der Waals surface area contributed by atoms with Gasteiger partial charge in [-0.15, -0.1) is 0 Å².